The van der Waals surface area contributed by atoms with Gasteiger partial charge in [-0.1, -0.05) is 36.4 Å². The van der Waals surface area contributed by atoms with E-state index in [0.717, 1.165) is 14.0 Å². The molecule has 0 saturated carbocycles. The molecule has 0 radical (unpaired) electrons. The van der Waals surface area contributed by atoms with Gasteiger partial charge in [-0.05, 0) is 35.7 Å². The number of benzene rings is 2. The van der Waals surface area contributed by atoms with E-state index in [0.29, 0.717) is 15.7 Å². The SMILES string of the molecule is Cc1c(-c2cc(C#N)ccc2-c2ccccc2)c(=O)n(C)c(=O)n1C(F)(F)F. The zero-order valence-electron chi connectivity index (χ0n) is 14.9. The minimum Gasteiger partial charge on any atom is -0.268 e. The number of halogens is 3. The number of hydrogen-bond donors (Lipinski definition) is 0. The molecule has 28 heavy (non-hydrogen) atoms. The highest BCUT2D eigenvalue weighted by Crippen LogP contribution is 2.34. The maximum Gasteiger partial charge on any atom is 0.492 e. The Bertz CT molecular complexity index is 1220. The van der Waals surface area contributed by atoms with Crippen LogP contribution in [0.4, 0.5) is 13.2 Å². The molecule has 3 aromatic rings. The molecule has 1 heterocycles. The van der Waals surface area contributed by atoms with Crippen LogP contribution >= 0.6 is 0 Å². The van der Waals surface area contributed by atoms with Crippen molar-refractivity contribution in [1.29, 1.82) is 5.26 Å². The molecule has 0 amide bonds. The maximum absolute atomic E-state index is 13.5. The fourth-order valence-corrected chi connectivity index (χ4v) is 3.11. The third kappa shape index (κ3) is 3.11. The zero-order valence-corrected chi connectivity index (χ0v) is 14.9. The molecule has 3 rings (SSSR count). The highest BCUT2D eigenvalue weighted by atomic mass is 19.4. The first-order valence-electron chi connectivity index (χ1n) is 8.16. The molecule has 0 aliphatic heterocycles. The molecular formula is C20H14F3N3O2. The van der Waals surface area contributed by atoms with E-state index in [4.69, 9.17) is 0 Å². The second-order valence-electron chi connectivity index (χ2n) is 6.15. The van der Waals surface area contributed by atoms with Crippen LogP contribution in [0, 0.1) is 18.3 Å². The summed E-state index contributed by atoms with van der Waals surface area (Å²) in [7, 11) is 0.992. The molecule has 8 heteroatoms. The van der Waals surface area contributed by atoms with E-state index in [-0.39, 0.29) is 21.3 Å². The van der Waals surface area contributed by atoms with Gasteiger partial charge in [-0.25, -0.2) is 9.36 Å². The Labute approximate surface area is 157 Å². The Kier molecular flexibility index (Phi) is 4.69. The number of hydrogen-bond acceptors (Lipinski definition) is 3. The van der Waals surface area contributed by atoms with Crippen LogP contribution in [0.2, 0.25) is 0 Å². The molecule has 0 bridgehead atoms. The summed E-state index contributed by atoms with van der Waals surface area (Å²) < 4.78 is 40.5. The van der Waals surface area contributed by atoms with Crippen LogP contribution in [-0.2, 0) is 13.3 Å². The lowest BCUT2D eigenvalue weighted by atomic mass is 9.92. The topological polar surface area (TPSA) is 67.8 Å². The minimum atomic E-state index is -5.00. The summed E-state index contributed by atoms with van der Waals surface area (Å²) in [6.45, 7) is 1.07. The van der Waals surface area contributed by atoms with Gasteiger partial charge in [-0.3, -0.25) is 9.36 Å². The highest BCUT2D eigenvalue weighted by molar-refractivity contribution is 5.85. The van der Waals surface area contributed by atoms with Crippen LogP contribution < -0.4 is 11.2 Å². The number of rotatable bonds is 2. The van der Waals surface area contributed by atoms with Crippen molar-refractivity contribution in [3.63, 3.8) is 0 Å². The molecule has 142 valence electrons. The summed E-state index contributed by atoms with van der Waals surface area (Å²) in [6.07, 6.45) is -5.00. The Morgan fingerprint density at radius 2 is 1.64 bits per heavy atom. The average molecular weight is 385 g/mol. The van der Waals surface area contributed by atoms with Crippen LogP contribution in [0.25, 0.3) is 22.3 Å². The van der Waals surface area contributed by atoms with Crippen LogP contribution in [0.5, 0.6) is 0 Å². The van der Waals surface area contributed by atoms with Gasteiger partial charge in [0.05, 0.1) is 17.2 Å². The Morgan fingerprint density at radius 1 is 1.00 bits per heavy atom. The summed E-state index contributed by atoms with van der Waals surface area (Å²) >= 11 is 0. The molecule has 0 spiro atoms. The quantitative estimate of drug-likeness (QED) is 0.678. The molecule has 1 aromatic heterocycles. The molecule has 0 fully saturated rings. The minimum absolute atomic E-state index is 0.154. The second-order valence-corrected chi connectivity index (χ2v) is 6.15. The summed E-state index contributed by atoms with van der Waals surface area (Å²) in [5.41, 5.74) is -1.68. The van der Waals surface area contributed by atoms with Crippen molar-refractivity contribution in [1.82, 2.24) is 9.13 Å². The normalized spacial score (nSPS) is 11.3. The zero-order chi connectivity index (χ0) is 20.6. The number of aromatic nitrogens is 2. The first-order chi connectivity index (χ1) is 13.2. The van der Waals surface area contributed by atoms with Crippen molar-refractivity contribution < 1.29 is 13.2 Å². The van der Waals surface area contributed by atoms with Crippen molar-refractivity contribution in [3.8, 4) is 28.3 Å². The molecule has 2 aromatic carbocycles. The highest BCUT2D eigenvalue weighted by Gasteiger charge is 2.36. The van der Waals surface area contributed by atoms with Gasteiger partial charge in [-0.2, -0.15) is 5.26 Å². The van der Waals surface area contributed by atoms with Crippen LogP contribution in [0.15, 0.2) is 58.1 Å². The third-order valence-corrected chi connectivity index (χ3v) is 4.45. The Morgan fingerprint density at radius 3 is 2.21 bits per heavy atom. The number of nitriles is 1. The molecule has 0 saturated heterocycles. The first kappa shape index (κ1) is 19.2. The number of alkyl halides is 3. The lowest BCUT2D eigenvalue weighted by molar-refractivity contribution is -0.208. The van der Waals surface area contributed by atoms with E-state index in [1.165, 1.54) is 12.1 Å². The lowest BCUT2D eigenvalue weighted by Crippen LogP contribution is -2.44. The smallest absolute Gasteiger partial charge is 0.268 e. The fraction of sp³-hybridized carbons (Fsp3) is 0.150. The van der Waals surface area contributed by atoms with E-state index in [2.05, 4.69) is 0 Å². The van der Waals surface area contributed by atoms with E-state index in [9.17, 15) is 28.0 Å². The Balaban J connectivity index is 2.49. The van der Waals surface area contributed by atoms with Gasteiger partial charge in [-0.15, -0.1) is 13.2 Å². The van der Waals surface area contributed by atoms with Gasteiger partial charge in [0.25, 0.3) is 5.56 Å². The van der Waals surface area contributed by atoms with Crippen LogP contribution in [-0.4, -0.2) is 9.13 Å². The fourth-order valence-electron chi connectivity index (χ4n) is 3.11. The maximum atomic E-state index is 13.5. The van der Waals surface area contributed by atoms with Gasteiger partial charge in [0, 0.05) is 12.7 Å². The molecule has 0 N–H and O–H groups in total. The van der Waals surface area contributed by atoms with E-state index >= 15 is 0 Å². The van der Waals surface area contributed by atoms with Crippen molar-refractivity contribution in [2.75, 3.05) is 0 Å². The molecule has 0 aliphatic carbocycles. The van der Waals surface area contributed by atoms with Gasteiger partial charge in [0.15, 0.2) is 0 Å². The van der Waals surface area contributed by atoms with Gasteiger partial charge >= 0.3 is 12.0 Å². The third-order valence-electron chi connectivity index (χ3n) is 4.45. The molecular weight excluding hydrogens is 371 g/mol. The summed E-state index contributed by atoms with van der Waals surface area (Å²) in [5, 5.41) is 9.22. The van der Waals surface area contributed by atoms with E-state index < -0.39 is 23.2 Å². The predicted octanol–water partition coefficient (Wildman–Crippen LogP) is 3.54. The van der Waals surface area contributed by atoms with Gasteiger partial charge < -0.3 is 0 Å². The van der Waals surface area contributed by atoms with Gasteiger partial charge in [0.1, 0.15) is 0 Å². The van der Waals surface area contributed by atoms with Crippen molar-refractivity contribution in [2.24, 2.45) is 7.05 Å². The largest absolute Gasteiger partial charge is 0.492 e. The van der Waals surface area contributed by atoms with Crippen LogP contribution in [0.1, 0.15) is 11.3 Å². The Hall–Kier alpha value is -3.60. The van der Waals surface area contributed by atoms with E-state index in [1.54, 1.807) is 36.4 Å². The predicted molar refractivity (Wildman–Crippen MR) is 97.6 cm³/mol. The standard InChI is InChI=1S/C20H14F3N3O2/c1-12-17(18(27)25(2)19(28)26(12)20(21,22)23)16-10-13(11-24)8-9-15(16)14-6-4-3-5-7-14/h3-10H,1-2H3. The summed E-state index contributed by atoms with van der Waals surface area (Å²) in [6, 6.07) is 15.1. The monoisotopic (exact) mass is 385 g/mol. The molecule has 0 unspecified atom stereocenters. The van der Waals surface area contributed by atoms with E-state index in [1.807, 2.05) is 6.07 Å². The molecule has 5 nitrogen and oxygen atoms in total. The average Bonchev–Trinajstić information content (AvgIpc) is 2.66. The molecule has 0 atom stereocenters. The van der Waals surface area contributed by atoms with Crippen molar-refractivity contribution in [2.45, 2.75) is 13.2 Å². The summed E-state index contributed by atoms with van der Waals surface area (Å²) in [5.74, 6) is 0. The summed E-state index contributed by atoms with van der Waals surface area (Å²) in [4.78, 5) is 24.8. The van der Waals surface area contributed by atoms with Crippen molar-refractivity contribution >= 4 is 0 Å². The number of nitrogens with zero attached hydrogens (tertiary/aromatic N) is 3. The van der Waals surface area contributed by atoms with Crippen molar-refractivity contribution in [3.05, 3.63) is 80.6 Å². The molecule has 0 aliphatic rings. The van der Waals surface area contributed by atoms with Gasteiger partial charge in [0.2, 0.25) is 0 Å². The first-order valence-corrected chi connectivity index (χ1v) is 8.16. The second kappa shape index (κ2) is 6.85. The van der Waals surface area contributed by atoms with Crippen LogP contribution in [0.3, 0.4) is 0 Å². The lowest BCUT2D eigenvalue weighted by Gasteiger charge is -2.19.